The minimum absolute atomic E-state index is 0.202. The largest absolute Gasteiger partial charge is 0.322 e. The number of benzene rings is 2. The first kappa shape index (κ1) is 23.4. The summed E-state index contributed by atoms with van der Waals surface area (Å²) in [5.74, 6) is -0.508. The lowest BCUT2D eigenvalue weighted by Gasteiger charge is -2.18. The topological polar surface area (TPSA) is 74.3 Å². The molecule has 1 heterocycles. The SMILES string of the molecule is CCN(CC)Cc1ccc(C(=O)Nc2cc(NC(=O)c3ccnc(Cl)c3)ccc2C)cc1. The van der Waals surface area contributed by atoms with Crippen LogP contribution in [0.1, 0.15) is 45.7 Å². The second kappa shape index (κ2) is 10.9. The molecule has 7 heteroatoms. The minimum Gasteiger partial charge on any atom is -0.322 e. The molecule has 0 fully saturated rings. The van der Waals surface area contributed by atoms with Crippen LogP contribution < -0.4 is 10.6 Å². The van der Waals surface area contributed by atoms with Crippen LogP contribution in [-0.4, -0.2) is 34.8 Å². The molecule has 0 aliphatic rings. The summed E-state index contributed by atoms with van der Waals surface area (Å²) in [5.41, 5.74) is 4.24. The molecule has 0 spiro atoms. The van der Waals surface area contributed by atoms with Gasteiger partial charge in [-0.2, -0.15) is 0 Å². The molecular formula is C25H27ClN4O2. The molecule has 0 saturated carbocycles. The summed E-state index contributed by atoms with van der Waals surface area (Å²) in [6.45, 7) is 9.00. The van der Waals surface area contributed by atoms with Crippen LogP contribution in [0.15, 0.2) is 60.8 Å². The third-order valence-corrected chi connectivity index (χ3v) is 5.46. The van der Waals surface area contributed by atoms with Crippen LogP contribution >= 0.6 is 11.6 Å². The van der Waals surface area contributed by atoms with E-state index in [-0.39, 0.29) is 17.0 Å². The molecule has 2 aromatic carbocycles. The van der Waals surface area contributed by atoms with Gasteiger partial charge in [0.05, 0.1) is 0 Å². The Balaban J connectivity index is 1.69. The molecule has 0 unspecified atom stereocenters. The van der Waals surface area contributed by atoms with Crippen molar-refractivity contribution < 1.29 is 9.59 Å². The van der Waals surface area contributed by atoms with Gasteiger partial charge in [-0.1, -0.05) is 43.6 Å². The first-order valence-corrected chi connectivity index (χ1v) is 10.9. The molecule has 166 valence electrons. The van der Waals surface area contributed by atoms with Crippen molar-refractivity contribution in [1.82, 2.24) is 9.88 Å². The first-order chi connectivity index (χ1) is 15.4. The van der Waals surface area contributed by atoms with E-state index in [4.69, 9.17) is 11.6 Å². The van der Waals surface area contributed by atoms with Crippen molar-refractivity contribution in [3.63, 3.8) is 0 Å². The number of pyridine rings is 1. The molecule has 0 aliphatic heterocycles. The number of halogens is 1. The van der Waals surface area contributed by atoms with Crippen molar-refractivity contribution in [3.8, 4) is 0 Å². The number of nitrogens with zero attached hydrogens (tertiary/aromatic N) is 2. The lowest BCUT2D eigenvalue weighted by molar-refractivity contribution is 0.101. The Kier molecular flexibility index (Phi) is 7.98. The van der Waals surface area contributed by atoms with Crippen LogP contribution in [0.25, 0.3) is 0 Å². The van der Waals surface area contributed by atoms with Gasteiger partial charge >= 0.3 is 0 Å². The Labute approximate surface area is 193 Å². The molecule has 1 aromatic heterocycles. The summed E-state index contributed by atoms with van der Waals surface area (Å²) >= 11 is 5.86. The summed E-state index contributed by atoms with van der Waals surface area (Å²) in [7, 11) is 0. The van der Waals surface area contributed by atoms with Gasteiger partial charge in [0, 0.05) is 35.2 Å². The van der Waals surface area contributed by atoms with E-state index in [2.05, 4.69) is 34.4 Å². The Morgan fingerprint density at radius 1 is 0.906 bits per heavy atom. The zero-order valence-electron chi connectivity index (χ0n) is 18.5. The molecular weight excluding hydrogens is 424 g/mol. The third kappa shape index (κ3) is 6.15. The number of aryl methyl sites for hydroxylation is 1. The van der Waals surface area contributed by atoms with Crippen LogP contribution in [0, 0.1) is 6.92 Å². The van der Waals surface area contributed by atoms with E-state index in [1.807, 2.05) is 37.3 Å². The summed E-state index contributed by atoms with van der Waals surface area (Å²) in [5, 5.41) is 6.01. The Bertz CT molecular complexity index is 1100. The first-order valence-electron chi connectivity index (χ1n) is 10.6. The average molecular weight is 451 g/mol. The van der Waals surface area contributed by atoms with Gasteiger partial charge in [0.25, 0.3) is 11.8 Å². The molecule has 0 saturated heterocycles. The number of amides is 2. The van der Waals surface area contributed by atoms with E-state index in [1.165, 1.54) is 17.8 Å². The van der Waals surface area contributed by atoms with Crippen LogP contribution in [-0.2, 0) is 6.54 Å². The molecule has 3 aromatic rings. The number of rotatable bonds is 8. The molecule has 3 rings (SSSR count). The van der Waals surface area contributed by atoms with Crippen LogP contribution in [0.5, 0.6) is 0 Å². The lowest BCUT2D eigenvalue weighted by atomic mass is 10.1. The zero-order valence-corrected chi connectivity index (χ0v) is 19.2. The Morgan fingerprint density at radius 2 is 1.59 bits per heavy atom. The normalized spacial score (nSPS) is 10.8. The van der Waals surface area contributed by atoms with Crippen molar-refractivity contribution in [2.45, 2.75) is 27.3 Å². The molecule has 6 nitrogen and oxygen atoms in total. The Morgan fingerprint density at radius 3 is 2.25 bits per heavy atom. The van der Waals surface area contributed by atoms with Crippen molar-refractivity contribution in [1.29, 1.82) is 0 Å². The highest BCUT2D eigenvalue weighted by atomic mass is 35.5. The molecule has 2 N–H and O–H groups in total. The molecule has 2 amide bonds. The van der Waals surface area contributed by atoms with Gasteiger partial charge in [0.2, 0.25) is 0 Å². The van der Waals surface area contributed by atoms with Crippen molar-refractivity contribution in [3.05, 3.63) is 88.2 Å². The van der Waals surface area contributed by atoms with E-state index < -0.39 is 0 Å². The minimum atomic E-state index is -0.306. The number of nitrogens with one attached hydrogen (secondary N) is 2. The van der Waals surface area contributed by atoms with E-state index in [0.717, 1.165) is 25.2 Å². The standard InChI is InChI=1S/C25H27ClN4O2/c1-4-30(5-2)16-18-7-9-19(10-8-18)24(31)29-22-15-21(11-6-17(22)3)28-25(32)20-12-13-27-23(26)14-20/h6-15H,4-5,16H2,1-3H3,(H,28,32)(H,29,31). The number of carbonyl (C=O) groups excluding carboxylic acids is 2. The molecule has 0 bridgehead atoms. The Hall–Kier alpha value is -3.22. The number of anilines is 2. The van der Waals surface area contributed by atoms with Crippen molar-refractivity contribution in [2.75, 3.05) is 23.7 Å². The lowest BCUT2D eigenvalue weighted by Crippen LogP contribution is -2.22. The van der Waals surface area contributed by atoms with Gasteiger partial charge < -0.3 is 10.6 Å². The maximum Gasteiger partial charge on any atom is 0.255 e. The van der Waals surface area contributed by atoms with Gasteiger partial charge in [0.15, 0.2) is 0 Å². The second-order valence-electron chi connectivity index (χ2n) is 7.46. The van der Waals surface area contributed by atoms with Crippen LogP contribution in [0.2, 0.25) is 5.15 Å². The fraction of sp³-hybridized carbons (Fsp3) is 0.240. The predicted molar refractivity (Wildman–Crippen MR) is 129 cm³/mol. The fourth-order valence-corrected chi connectivity index (χ4v) is 3.42. The monoisotopic (exact) mass is 450 g/mol. The highest BCUT2D eigenvalue weighted by molar-refractivity contribution is 6.29. The highest BCUT2D eigenvalue weighted by Crippen LogP contribution is 2.22. The summed E-state index contributed by atoms with van der Waals surface area (Å²) in [6.07, 6.45) is 1.48. The molecule has 0 aliphatic carbocycles. The number of aromatic nitrogens is 1. The predicted octanol–water partition coefficient (Wildman–Crippen LogP) is 5.39. The van der Waals surface area contributed by atoms with E-state index in [1.54, 1.807) is 18.2 Å². The van der Waals surface area contributed by atoms with E-state index in [0.29, 0.717) is 22.5 Å². The summed E-state index contributed by atoms with van der Waals surface area (Å²) < 4.78 is 0. The molecule has 0 atom stereocenters. The molecule has 0 radical (unpaired) electrons. The highest BCUT2D eigenvalue weighted by Gasteiger charge is 2.12. The quantitative estimate of drug-likeness (QED) is 0.451. The number of carbonyl (C=O) groups is 2. The zero-order chi connectivity index (χ0) is 23.1. The average Bonchev–Trinajstić information content (AvgIpc) is 2.80. The van der Waals surface area contributed by atoms with E-state index in [9.17, 15) is 9.59 Å². The summed E-state index contributed by atoms with van der Waals surface area (Å²) in [4.78, 5) is 31.4. The van der Waals surface area contributed by atoms with Crippen LogP contribution in [0.4, 0.5) is 11.4 Å². The number of hydrogen-bond acceptors (Lipinski definition) is 4. The second-order valence-corrected chi connectivity index (χ2v) is 7.85. The van der Waals surface area contributed by atoms with Crippen LogP contribution in [0.3, 0.4) is 0 Å². The number of hydrogen-bond donors (Lipinski definition) is 2. The van der Waals surface area contributed by atoms with Crippen molar-refractivity contribution >= 4 is 34.8 Å². The van der Waals surface area contributed by atoms with Gasteiger partial charge in [-0.3, -0.25) is 14.5 Å². The maximum atomic E-state index is 12.8. The van der Waals surface area contributed by atoms with Gasteiger partial charge in [-0.05, 0) is 67.5 Å². The van der Waals surface area contributed by atoms with Gasteiger partial charge in [-0.25, -0.2) is 4.98 Å². The smallest absolute Gasteiger partial charge is 0.255 e. The fourth-order valence-electron chi connectivity index (χ4n) is 3.24. The van der Waals surface area contributed by atoms with Crippen molar-refractivity contribution in [2.24, 2.45) is 0 Å². The third-order valence-electron chi connectivity index (χ3n) is 5.25. The van der Waals surface area contributed by atoms with Gasteiger partial charge in [0.1, 0.15) is 5.15 Å². The van der Waals surface area contributed by atoms with Gasteiger partial charge in [-0.15, -0.1) is 0 Å². The maximum absolute atomic E-state index is 12.8. The van der Waals surface area contributed by atoms with E-state index >= 15 is 0 Å². The summed E-state index contributed by atoms with van der Waals surface area (Å²) in [6, 6.07) is 16.1. The molecule has 32 heavy (non-hydrogen) atoms.